The van der Waals surface area contributed by atoms with Gasteiger partial charge in [-0.1, -0.05) is 24.9 Å². The summed E-state index contributed by atoms with van der Waals surface area (Å²) in [5, 5.41) is 4.61. The average Bonchev–Trinajstić information content (AvgIpc) is 2.31. The maximum Gasteiger partial charge on any atom is 0.151 e. The van der Waals surface area contributed by atoms with Gasteiger partial charge < -0.3 is 0 Å². The molecule has 0 aromatic carbocycles. The Morgan fingerprint density at radius 3 is 3.00 bits per heavy atom. The predicted molar refractivity (Wildman–Crippen MR) is 42.1 cm³/mol. The Morgan fingerprint density at radius 2 is 2.50 bits per heavy atom. The summed E-state index contributed by atoms with van der Waals surface area (Å²) >= 11 is 5.61. The maximum atomic E-state index is 5.61. The number of unbranched alkanes of at least 4 members (excludes halogenated alkanes) is 1. The Hall–Kier alpha value is -0.500. The summed E-state index contributed by atoms with van der Waals surface area (Å²) in [5.74, 6) is 0. The Kier molecular flexibility index (Phi) is 2.75. The molecule has 0 saturated carbocycles. The van der Waals surface area contributed by atoms with Crippen LogP contribution in [0, 0.1) is 0 Å². The number of aromatic nitrogens is 2. The number of halogens is 1. The summed E-state index contributed by atoms with van der Waals surface area (Å²) in [7, 11) is 0. The van der Waals surface area contributed by atoms with Crippen molar-refractivity contribution in [3.05, 3.63) is 17.4 Å². The van der Waals surface area contributed by atoms with Gasteiger partial charge in [-0.05, 0) is 12.5 Å². The summed E-state index contributed by atoms with van der Waals surface area (Å²) in [6, 6.07) is 1.80. The summed E-state index contributed by atoms with van der Waals surface area (Å²) in [4.78, 5) is 0. The van der Waals surface area contributed by atoms with Crippen molar-refractivity contribution in [3.8, 4) is 0 Å². The molecule has 0 bridgehead atoms. The minimum Gasteiger partial charge on any atom is -0.271 e. The van der Waals surface area contributed by atoms with E-state index >= 15 is 0 Å². The summed E-state index contributed by atoms with van der Waals surface area (Å²) < 4.78 is 1.87. The highest BCUT2D eigenvalue weighted by Crippen LogP contribution is 2.03. The van der Waals surface area contributed by atoms with Crippen LogP contribution in [-0.4, -0.2) is 9.78 Å². The number of nitrogens with zero attached hydrogens (tertiary/aromatic N) is 2. The van der Waals surface area contributed by atoms with Gasteiger partial charge in [0.2, 0.25) is 0 Å². The van der Waals surface area contributed by atoms with Crippen LogP contribution >= 0.6 is 11.6 Å². The fourth-order valence-corrected chi connectivity index (χ4v) is 0.935. The minimum atomic E-state index is 0.580. The van der Waals surface area contributed by atoms with Crippen molar-refractivity contribution in [3.63, 3.8) is 0 Å². The van der Waals surface area contributed by atoms with Gasteiger partial charge in [-0.15, -0.1) is 0 Å². The third kappa shape index (κ3) is 2.03. The lowest BCUT2D eigenvalue weighted by molar-refractivity contribution is 0.572. The Morgan fingerprint density at radius 1 is 1.70 bits per heavy atom. The molecule has 0 fully saturated rings. The second-order valence-electron chi connectivity index (χ2n) is 2.26. The molecule has 56 valence electrons. The molecule has 0 amide bonds. The molecule has 2 nitrogen and oxygen atoms in total. The van der Waals surface area contributed by atoms with Crippen molar-refractivity contribution in [2.75, 3.05) is 0 Å². The SMILES string of the molecule is CCCCn1ccc(Cl)n1. The molecule has 1 aromatic heterocycles. The number of aryl methyl sites for hydroxylation is 1. The van der Waals surface area contributed by atoms with Crippen molar-refractivity contribution in [1.29, 1.82) is 0 Å². The largest absolute Gasteiger partial charge is 0.271 e. The van der Waals surface area contributed by atoms with E-state index in [9.17, 15) is 0 Å². The number of hydrogen-bond donors (Lipinski definition) is 0. The fourth-order valence-electron chi connectivity index (χ4n) is 0.782. The third-order valence-corrected chi connectivity index (χ3v) is 1.55. The molecule has 1 aromatic rings. The number of rotatable bonds is 3. The van der Waals surface area contributed by atoms with Gasteiger partial charge in [0.05, 0.1) is 0 Å². The molecule has 0 aliphatic rings. The first-order valence-electron chi connectivity index (χ1n) is 3.52. The van der Waals surface area contributed by atoms with E-state index in [0.29, 0.717) is 5.15 Å². The van der Waals surface area contributed by atoms with Crippen LogP contribution in [0.2, 0.25) is 5.15 Å². The minimum absolute atomic E-state index is 0.580. The van der Waals surface area contributed by atoms with Gasteiger partial charge in [0.15, 0.2) is 5.15 Å². The molecule has 0 N–H and O–H groups in total. The monoisotopic (exact) mass is 158 g/mol. The van der Waals surface area contributed by atoms with Crippen LogP contribution in [0.3, 0.4) is 0 Å². The predicted octanol–water partition coefficient (Wildman–Crippen LogP) is 2.34. The molecule has 1 heterocycles. The first kappa shape index (κ1) is 7.61. The second-order valence-corrected chi connectivity index (χ2v) is 2.64. The molecule has 0 radical (unpaired) electrons. The van der Waals surface area contributed by atoms with Crippen molar-refractivity contribution < 1.29 is 0 Å². The molecule has 3 heteroatoms. The third-order valence-electron chi connectivity index (χ3n) is 1.35. The van der Waals surface area contributed by atoms with E-state index in [-0.39, 0.29) is 0 Å². The first-order valence-corrected chi connectivity index (χ1v) is 3.89. The van der Waals surface area contributed by atoms with Crippen LogP contribution in [0.25, 0.3) is 0 Å². The topological polar surface area (TPSA) is 17.8 Å². The van der Waals surface area contributed by atoms with Gasteiger partial charge in [-0.3, -0.25) is 4.68 Å². The van der Waals surface area contributed by atoms with E-state index in [1.807, 2.05) is 10.9 Å². The van der Waals surface area contributed by atoms with E-state index in [4.69, 9.17) is 11.6 Å². The van der Waals surface area contributed by atoms with Gasteiger partial charge >= 0.3 is 0 Å². The quantitative estimate of drug-likeness (QED) is 0.661. The van der Waals surface area contributed by atoms with Crippen LogP contribution in [-0.2, 0) is 6.54 Å². The lowest BCUT2D eigenvalue weighted by atomic mass is 10.3. The average molecular weight is 159 g/mol. The Balaban J connectivity index is 2.42. The van der Waals surface area contributed by atoms with E-state index in [1.165, 1.54) is 6.42 Å². The van der Waals surface area contributed by atoms with E-state index in [0.717, 1.165) is 13.0 Å². The van der Waals surface area contributed by atoms with E-state index in [2.05, 4.69) is 12.0 Å². The van der Waals surface area contributed by atoms with Crippen LogP contribution in [0.1, 0.15) is 19.8 Å². The van der Waals surface area contributed by atoms with Crippen LogP contribution in [0.4, 0.5) is 0 Å². The molecule has 0 atom stereocenters. The molecule has 0 aliphatic heterocycles. The fraction of sp³-hybridized carbons (Fsp3) is 0.571. The van der Waals surface area contributed by atoms with E-state index in [1.54, 1.807) is 6.07 Å². The summed E-state index contributed by atoms with van der Waals surface area (Å²) in [6.07, 6.45) is 4.26. The standard InChI is InChI=1S/C7H11ClN2/c1-2-3-5-10-6-4-7(8)9-10/h4,6H,2-3,5H2,1H3. The lowest BCUT2D eigenvalue weighted by Gasteiger charge is -1.96. The van der Waals surface area contributed by atoms with Crippen molar-refractivity contribution in [1.82, 2.24) is 9.78 Å². The molecule has 10 heavy (non-hydrogen) atoms. The zero-order chi connectivity index (χ0) is 7.40. The Bertz CT molecular complexity index is 195. The molecule has 0 saturated heterocycles. The molecular formula is C7H11ClN2. The van der Waals surface area contributed by atoms with Gasteiger partial charge in [0.25, 0.3) is 0 Å². The molecule has 0 aliphatic carbocycles. The highest BCUT2D eigenvalue weighted by Gasteiger charge is 1.92. The number of hydrogen-bond acceptors (Lipinski definition) is 1. The Labute approximate surface area is 65.8 Å². The van der Waals surface area contributed by atoms with E-state index < -0.39 is 0 Å². The summed E-state index contributed by atoms with van der Waals surface area (Å²) in [6.45, 7) is 3.13. The normalized spacial score (nSPS) is 10.2. The lowest BCUT2D eigenvalue weighted by Crippen LogP contribution is -1.96. The maximum absolute atomic E-state index is 5.61. The smallest absolute Gasteiger partial charge is 0.151 e. The molecular weight excluding hydrogens is 148 g/mol. The van der Waals surface area contributed by atoms with Crippen molar-refractivity contribution in [2.24, 2.45) is 0 Å². The highest BCUT2D eigenvalue weighted by atomic mass is 35.5. The van der Waals surface area contributed by atoms with Crippen LogP contribution < -0.4 is 0 Å². The van der Waals surface area contributed by atoms with Gasteiger partial charge in [-0.2, -0.15) is 5.10 Å². The van der Waals surface area contributed by atoms with Gasteiger partial charge in [0.1, 0.15) is 0 Å². The van der Waals surface area contributed by atoms with Gasteiger partial charge in [0, 0.05) is 12.7 Å². The zero-order valence-electron chi connectivity index (χ0n) is 6.05. The van der Waals surface area contributed by atoms with Crippen molar-refractivity contribution >= 4 is 11.6 Å². The van der Waals surface area contributed by atoms with Crippen LogP contribution in [0.15, 0.2) is 12.3 Å². The second kappa shape index (κ2) is 3.62. The molecule has 1 rings (SSSR count). The zero-order valence-corrected chi connectivity index (χ0v) is 6.80. The first-order chi connectivity index (χ1) is 4.83. The summed E-state index contributed by atoms with van der Waals surface area (Å²) in [5.41, 5.74) is 0. The van der Waals surface area contributed by atoms with Crippen molar-refractivity contribution in [2.45, 2.75) is 26.3 Å². The molecule has 0 spiro atoms. The van der Waals surface area contributed by atoms with Gasteiger partial charge in [-0.25, -0.2) is 0 Å². The van der Waals surface area contributed by atoms with Crippen LogP contribution in [0.5, 0.6) is 0 Å². The molecule has 0 unspecified atom stereocenters. The highest BCUT2D eigenvalue weighted by molar-refractivity contribution is 6.29.